The summed E-state index contributed by atoms with van der Waals surface area (Å²) in [6.07, 6.45) is 2.41. The molecule has 3 aromatic carbocycles. The first-order valence-electron chi connectivity index (χ1n) is 27.5. The number of carboxylic acid groups (broad SMARTS) is 2. The number of nitrogens with zero attached hydrogens (tertiary/aromatic N) is 5. The van der Waals surface area contributed by atoms with Crippen LogP contribution in [0.1, 0.15) is 49.8 Å². The van der Waals surface area contributed by atoms with E-state index in [9.17, 15) is 28.8 Å². The van der Waals surface area contributed by atoms with Crippen LogP contribution in [0.5, 0.6) is 51.7 Å². The monoisotopic (exact) mass is 1210 g/mol. The summed E-state index contributed by atoms with van der Waals surface area (Å²) in [6, 6.07) is 10.9. The molecule has 4 N–H and O–H groups in total. The molecule has 6 rings (SSSR count). The molecule has 3 heterocycles. The average Bonchev–Trinajstić information content (AvgIpc) is 3.58. The van der Waals surface area contributed by atoms with Crippen molar-refractivity contribution in [2.75, 3.05) is 175 Å². The van der Waals surface area contributed by atoms with Crippen molar-refractivity contribution >= 4 is 35.7 Å². The van der Waals surface area contributed by atoms with Crippen molar-refractivity contribution in [3.8, 4) is 51.7 Å². The van der Waals surface area contributed by atoms with E-state index in [1.807, 2.05) is 45.9 Å². The van der Waals surface area contributed by atoms with E-state index >= 15 is 0 Å². The molecule has 0 aliphatic carbocycles. The molecule has 0 bridgehead atoms. The van der Waals surface area contributed by atoms with E-state index in [0.717, 1.165) is 42.9 Å². The molecule has 0 radical (unpaired) electrons. The van der Waals surface area contributed by atoms with Gasteiger partial charge in [-0.05, 0) is 86.2 Å². The second-order valence-corrected chi connectivity index (χ2v) is 18.8. The molecule has 3 aromatic rings. The van der Waals surface area contributed by atoms with E-state index < -0.39 is 11.9 Å². The van der Waals surface area contributed by atoms with E-state index in [1.54, 1.807) is 66.6 Å². The average molecular weight is 1210 g/mol. The van der Waals surface area contributed by atoms with Gasteiger partial charge in [0.1, 0.15) is 0 Å². The predicted molar refractivity (Wildman–Crippen MR) is 309 cm³/mol. The molecule has 3 aliphatic heterocycles. The summed E-state index contributed by atoms with van der Waals surface area (Å²) in [6.45, 7) is 13.9. The Labute approximate surface area is 521 Å². The Hall–Kier alpha value is -6.52. The first-order valence-corrected chi connectivity index (χ1v) is 27.5. The van der Waals surface area contributed by atoms with Crippen LogP contribution in [0, 0.1) is 0 Å². The minimum absolute atomic E-state index is 0. The van der Waals surface area contributed by atoms with Gasteiger partial charge in [-0.3, -0.25) is 43.5 Å². The Morgan fingerprint density at radius 1 is 0.412 bits per heavy atom. The van der Waals surface area contributed by atoms with Crippen LogP contribution in [0.15, 0.2) is 36.4 Å². The van der Waals surface area contributed by atoms with Gasteiger partial charge in [0.05, 0.1) is 96.8 Å². The largest absolute Gasteiger partial charge is 1.00 e. The number of ether oxygens (including phenoxy) is 11. The van der Waals surface area contributed by atoms with E-state index in [4.69, 9.17) is 62.3 Å². The molecule has 472 valence electrons. The number of carboxylic acids is 2. The van der Waals surface area contributed by atoms with Gasteiger partial charge in [-0.1, -0.05) is 0 Å². The maximum atomic E-state index is 12.6. The van der Waals surface area contributed by atoms with Gasteiger partial charge < -0.3 is 82.9 Å². The van der Waals surface area contributed by atoms with Crippen LogP contribution in [0.4, 0.5) is 0 Å². The van der Waals surface area contributed by atoms with Crippen molar-refractivity contribution in [1.82, 2.24) is 29.8 Å². The van der Waals surface area contributed by atoms with Gasteiger partial charge in [0.2, 0.25) is 29.1 Å². The molecule has 0 spiro atoms. The van der Waals surface area contributed by atoms with Gasteiger partial charge in [-0.15, -0.1) is 0 Å². The summed E-state index contributed by atoms with van der Waals surface area (Å²) in [7, 11) is 13.9. The molecular weight excluding hydrogens is 1120 g/mol. The van der Waals surface area contributed by atoms with Crippen molar-refractivity contribution in [2.24, 2.45) is 0 Å². The van der Waals surface area contributed by atoms with Gasteiger partial charge in [0, 0.05) is 97.8 Å². The zero-order valence-corrected chi connectivity index (χ0v) is 53.7. The molecule has 2 amide bonds. The summed E-state index contributed by atoms with van der Waals surface area (Å²) in [4.78, 5) is 78.4. The van der Waals surface area contributed by atoms with Crippen LogP contribution in [-0.4, -0.2) is 251 Å². The number of carbonyl (C=O) groups is 6. The number of esters is 2. The fourth-order valence-electron chi connectivity index (χ4n) is 9.06. The minimum Gasteiger partial charge on any atom is -0.870 e. The Morgan fingerprint density at radius 2 is 0.694 bits per heavy atom. The number of aryl methyl sites for hydroxylation is 3. The van der Waals surface area contributed by atoms with E-state index in [2.05, 4.69) is 10.2 Å². The zero-order valence-electron chi connectivity index (χ0n) is 51.7. The number of hydrogen-bond donors (Lipinski definition) is 3. The van der Waals surface area contributed by atoms with Crippen LogP contribution in [0.2, 0.25) is 0 Å². The van der Waals surface area contributed by atoms with Crippen LogP contribution in [0.25, 0.3) is 0 Å². The Morgan fingerprint density at radius 3 is 0.953 bits per heavy atom. The normalized spacial score (nSPS) is 14.0. The molecule has 0 unspecified atom stereocenters. The molecule has 27 heteroatoms. The maximum absolute atomic E-state index is 12.6. The molecule has 3 aliphatic rings. The van der Waals surface area contributed by atoms with E-state index in [1.165, 1.54) is 21.3 Å². The molecule has 0 saturated carbocycles. The molecular formula is C58H89N6NaO20. The molecule has 3 saturated heterocycles. The number of hydrogen-bond acceptors (Lipinski definition) is 22. The quantitative estimate of drug-likeness (QED) is 0.0716. The third kappa shape index (κ3) is 26.7. The molecule has 3 fully saturated rings. The summed E-state index contributed by atoms with van der Waals surface area (Å²) >= 11 is 0. The first-order chi connectivity index (χ1) is 39.9. The molecule has 0 atom stereocenters. The minimum atomic E-state index is -0.841. The van der Waals surface area contributed by atoms with Gasteiger partial charge in [-0.25, -0.2) is 0 Å². The second kappa shape index (κ2) is 42.3. The summed E-state index contributed by atoms with van der Waals surface area (Å²) < 4.78 is 57.3. The first kappa shape index (κ1) is 76.5. The number of rotatable bonds is 26. The molecule has 26 nitrogen and oxygen atoms in total. The van der Waals surface area contributed by atoms with Crippen molar-refractivity contribution in [3.05, 3.63) is 53.1 Å². The Kier molecular flexibility index (Phi) is 38.1. The van der Waals surface area contributed by atoms with Crippen LogP contribution in [0.3, 0.4) is 0 Å². The van der Waals surface area contributed by atoms with Crippen LogP contribution < -0.4 is 77.5 Å². The molecule has 85 heavy (non-hydrogen) atoms. The number of benzene rings is 3. The number of nitrogens with one attached hydrogen (secondary N) is 1. The summed E-state index contributed by atoms with van der Waals surface area (Å²) in [5.41, 5.74) is 2.71. The zero-order chi connectivity index (χ0) is 61.3. The van der Waals surface area contributed by atoms with Gasteiger partial charge in [-0.2, -0.15) is 0 Å². The van der Waals surface area contributed by atoms with Crippen LogP contribution in [-0.2, 0) is 57.5 Å². The van der Waals surface area contributed by atoms with Gasteiger partial charge in [0.25, 0.3) is 0 Å². The predicted octanol–water partition coefficient (Wildman–Crippen LogP) is 0.238. The van der Waals surface area contributed by atoms with Gasteiger partial charge >= 0.3 is 53.4 Å². The number of methoxy groups -OCH3 is 9. The molecule has 0 aromatic heterocycles. The van der Waals surface area contributed by atoms with Crippen molar-refractivity contribution in [2.45, 2.75) is 52.4 Å². The third-order valence-electron chi connectivity index (χ3n) is 13.4. The number of amides is 2. The number of piperazine rings is 3. The SMILES string of the molecule is CCOC(=O)CN1CCN(C(=O)CCc2cc(OC)c(OC)c(OC)c2)CC1.CCOC(=O)CN1CCNCC1.COc1cc(CCC(=O)N2CCN(CC(=O)O)CC2)cc(OC)c1OC.COc1cc(CCC(=O)O)cc(OC)c1OC.[Na+].[OH-]. The Bertz CT molecular complexity index is 2430. The van der Waals surface area contributed by atoms with E-state index in [0.29, 0.717) is 156 Å². The van der Waals surface area contributed by atoms with Crippen molar-refractivity contribution in [3.63, 3.8) is 0 Å². The van der Waals surface area contributed by atoms with Crippen LogP contribution >= 0.6 is 0 Å². The maximum Gasteiger partial charge on any atom is 1.00 e. The van der Waals surface area contributed by atoms with Crippen molar-refractivity contribution in [1.29, 1.82) is 0 Å². The van der Waals surface area contributed by atoms with Gasteiger partial charge in [0.15, 0.2) is 34.5 Å². The number of aliphatic carboxylic acids is 2. The smallest absolute Gasteiger partial charge is 0.870 e. The Balaban J connectivity index is 0.000000587. The van der Waals surface area contributed by atoms with E-state index in [-0.39, 0.29) is 78.3 Å². The van der Waals surface area contributed by atoms with Crippen molar-refractivity contribution < 1.29 is 126 Å². The standard InChI is InChI=1S/C20H30N2O6.C18H26N2O6.C12H16O5.C8H16N2O2.Na.H2O/c1-5-28-19(24)14-21-8-10-22(11-9-21)18(23)7-6-15-12-16(25-2)20(27-4)17(13-15)26-3;1-24-14-10-13(11-15(25-2)18(14)26-3)4-5-16(21)20-8-6-19(7-9-20)12-17(22)23;1-15-9-6-8(4-5-11(13)14)7-10(16-2)12(9)17-3;1-2-12-8(11)7-10-5-3-9-4-6-10;;/h12-13H,5-11,14H2,1-4H3;10-11H,4-9,12H2,1-3H3,(H,22,23);6-7H,4-5H2,1-3H3,(H,13,14);9H,2-7H2,1H3;;1H2/q;;;;+1;/p-1. The fourth-order valence-corrected chi connectivity index (χ4v) is 9.06. The second-order valence-electron chi connectivity index (χ2n) is 18.8. The topological polar surface area (TPSA) is 303 Å². The summed E-state index contributed by atoms with van der Waals surface area (Å²) in [5, 5.41) is 20.7. The number of carbonyl (C=O) groups excluding carboxylic acids is 4. The third-order valence-corrected chi connectivity index (χ3v) is 13.4. The fraction of sp³-hybridized carbons (Fsp3) is 0.586. The summed E-state index contributed by atoms with van der Waals surface area (Å²) in [5.74, 6) is 3.10.